The van der Waals surface area contributed by atoms with E-state index in [0.717, 1.165) is 36.5 Å². The second-order valence-electron chi connectivity index (χ2n) is 7.92. The lowest BCUT2D eigenvalue weighted by Gasteiger charge is -2.19. The number of benzene rings is 3. The van der Waals surface area contributed by atoms with Gasteiger partial charge in [-0.3, -0.25) is 14.5 Å². The Morgan fingerprint density at radius 2 is 1.43 bits per heavy atom. The summed E-state index contributed by atoms with van der Waals surface area (Å²) in [5.41, 5.74) is 0.879. The summed E-state index contributed by atoms with van der Waals surface area (Å²) in [6, 6.07) is 19.8. The molecular weight excluding hydrogens is 378 g/mol. The number of carbonyl (C=O) groups is 3. The van der Waals surface area contributed by atoms with Gasteiger partial charge in [-0.2, -0.15) is 0 Å². The molecule has 2 amide bonds. The first-order chi connectivity index (χ1) is 14.6. The van der Waals surface area contributed by atoms with E-state index in [1.807, 2.05) is 36.4 Å². The molecule has 5 nitrogen and oxygen atoms in total. The van der Waals surface area contributed by atoms with Crippen molar-refractivity contribution in [2.75, 3.05) is 4.90 Å². The minimum absolute atomic E-state index is 0.115. The number of nitrogens with zero attached hydrogens (tertiary/aromatic N) is 1. The van der Waals surface area contributed by atoms with Crippen LogP contribution in [-0.2, 0) is 9.59 Å². The van der Waals surface area contributed by atoms with Gasteiger partial charge in [0.1, 0.15) is 5.75 Å². The predicted octanol–water partition coefficient (Wildman–Crippen LogP) is 4.74. The number of esters is 1. The monoisotopic (exact) mass is 399 g/mol. The van der Waals surface area contributed by atoms with Crippen molar-refractivity contribution >= 4 is 34.2 Å². The Morgan fingerprint density at radius 1 is 0.800 bits per heavy atom. The molecule has 0 N–H and O–H groups in total. The van der Waals surface area contributed by atoms with Crippen LogP contribution in [0, 0.1) is 11.8 Å². The predicted molar refractivity (Wildman–Crippen MR) is 113 cm³/mol. The highest BCUT2D eigenvalue weighted by Gasteiger charge is 2.48. The Kier molecular flexibility index (Phi) is 4.58. The van der Waals surface area contributed by atoms with Gasteiger partial charge in [0.2, 0.25) is 11.8 Å². The van der Waals surface area contributed by atoms with Crippen molar-refractivity contribution in [1.29, 1.82) is 0 Å². The van der Waals surface area contributed by atoms with E-state index in [1.54, 1.807) is 30.3 Å². The highest BCUT2D eigenvalue weighted by atomic mass is 16.5. The van der Waals surface area contributed by atoms with Crippen molar-refractivity contribution in [2.24, 2.45) is 11.8 Å². The zero-order valence-electron chi connectivity index (χ0n) is 16.4. The molecule has 3 aromatic rings. The summed E-state index contributed by atoms with van der Waals surface area (Å²) in [4.78, 5) is 39.4. The van der Waals surface area contributed by atoms with Gasteiger partial charge in [-0.1, -0.05) is 49.2 Å². The Labute approximate surface area is 174 Å². The van der Waals surface area contributed by atoms with Crippen LogP contribution in [0.3, 0.4) is 0 Å². The molecule has 1 heterocycles. The molecule has 1 aliphatic heterocycles. The third-order valence-corrected chi connectivity index (χ3v) is 6.15. The number of ether oxygens (including phenoxy) is 1. The second kappa shape index (κ2) is 7.41. The molecule has 0 aromatic heterocycles. The topological polar surface area (TPSA) is 63.7 Å². The summed E-state index contributed by atoms with van der Waals surface area (Å²) in [5.74, 6) is -0.599. The fourth-order valence-corrected chi connectivity index (χ4v) is 4.61. The molecule has 0 bridgehead atoms. The second-order valence-corrected chi connectivity index (χ2v) is 7.92. The van der Waals surface area contributed by atoms with Crippen LogP contribution in [0.4, 0.5) is 5.69 Å². The summed E-state index contributed by atoms with van der Waals surface area (Å²) < 4.78 is 5.61. The average Bonchev–Trinajstić information content (AvgIpc) is 3.04. The van der Waals surface area contributed by atoms with Crippen LogP contribution in [0.1, 0.15) is 36.0 Å². The Balaban J connectivity index is 1.36. The van der Waals surface area contributed by atoms with Crippen LogP contribution in [0.2, 0.25) is 0 Å². The minimum Gasteiger partial charge on any atom is -0.422 e. The van der Waals surface area contributed by atoms with Gasteiger partial charge in [0.15, 0.2) is 0 Å². The van der Waals surface area contributed by atoms with Crippen LogP contribution < -0.4 is 9.64 Å². The maximum absolute atomic E-state index is 12.7. The SMILES string of the molecule is O=C(Oc1cccc2ccccc12)c1ccc(N2C(=O)[C@@H]3CCCC[C@H]3C2=O)cc1. The summed E-state index contributed by atoms with van der Waals surface area (Å²) in [7, 11) is 0. The summed E-state index contributed by atoms with van der Waals surface area (Å²) >= 11 is 0. The van der Waals surface area contributed by atoms with Crippen LogP contribution in [-0.4, -0.2) is 17.8 Å². The fraction of sp³-hybridized carbons (Fsp3) is 0.240. The largest absolute Gasteiger partial charge is 0.422 e. The average molecular weight is 399 g/mol. The number of fused-ring (bicyclic) bond motifs is 2. The van der Waals surface area contributed by atoms with E-state index in [9.17, 15) is 14.4 Å². The first-order valence-corrected chi connectivity index (χ1v) is 10.3. The van der Waals surface area contributed by atoms with Gasteiger partial charge >= 0.3 is 5.97 Å². The van der Waals surface area contributed by atoms with Gasteiger partial charge < -0.3 is 4.74 Å². The number of amides is 2. The van der Waals surface area contributed by atoms with E-state index in [1.165, 1.54) is 4.90 Å². The first kappa shape index (κ1) is 18.6. The van der Waals surface area contributed by atoms with Gasteiger partial charge in [0.05, 0.1) is 23.1 Å². The van der Waals surface area contributed by atoms with E-state index in [2.05, 4.69) is 0 Å². The van der Waals surface area contributed by atoms with Crippen molar-refractivity contribution < 1.29 is 19.1 Å². The maximum atomic E-state index is 12.7. The van der Waals surface area contributed by atoms with Crippen molar-refractivity contribution in [3.8, 4) is 5.75 Å². The number of hydrogen-bond donors (Lipinski definition) is 0. The lowest BCUT2D eigenvalue weighted by atomic mass is 9.81. The molecule has 0 unspecified atom stereocenters. The summed E-state index contributed by atoms with van der Waals surface area (Å²) in [5, 5.41) is 1.85. The maximum Gasteiger partial charge on any atom is 0.343 e. The number of carbonyl (C=O) groups excluding carboxylic acids is 3. The molecule has 30 heavy (non-hydrogen) atoms. The van der Waals surface area contributed by atoms with E-state index in [4.69, 9.17) is 4.74 Å². The minimum atomic E-state index is -0.481. The zero-order chi connectivity index (χ0) is 20.7. The molecule has 150 valence electrons. The van der Waals surface area contributed by atoms with Gasteiger partial charge in [-0.25, -0.2) is 4.79 Å². The molecule has 2 atom stereocenters. The van der Waals surface area contributed by atoms with Crippen LogP contribution in [0.15, 0.2) is 66.7 Å². The molecule has 0 spiro atoms. The Hall–Kier alpha value is -3.47. The van der Waals surface area contributed by atoms with Crippen molar-refractivity contribution in [2.45, 2.75) is 25.7 Å². The number of rotatable bonds is 3. The zero-order valence-corrected chi connectivity index (χ0v) is 16.4. The molecule has 0 radical (unpaired) electrons. The molecule has 5 heteroatoms. The third-order valence-electron chi connectivity index (χ3n) is 6.15. The molecular formula is C25H21NO4. The quantitative estimate of drug-likeness (QED) is 0.363. The number of imide groups is 1. The van der Waals surface area contributed by atoms with Crippen molar-refractivity contribution in [1.82, 2.24) is 0 Å². The van der Waals surface area contributed by atoms with E-state index in [-0.39, 0.29) is 23.7 Å². The first-order valence-electron chi connectivity index (χ1n) is 10.3. The van der Waals surface area contributed by atoms with E-state index >= 15 is 0 Å². The molecule has 1 aliphatic carbocycles. The van der Waals surface area contributed by atoms with Crippen molar-refractivity contribution in [3.05, 3.63) is 72.3 Å². The van der Waals surface area contributed by atoms with Crippen LogP contribution >= 0.6 is 0 Å². The number of hydrogen-bond acceptors (Lipinski definition) is 4. The normalized spacial score (nSPS) is 21.0. The van der Waals surface area contributed by atoms with Crippen LogP contribution in [0.25, 0.3) is 10.8 Å². The molecule has 2 fully saturated rings. The van der Waals surface area contributed by atoms with Gasteiger partial charge in [0, 0.05) is 5.39 Å². The molecule has 5 rings (SSSR count). The van der Waals surface area contributed by atoms with Gasteiger partial charge in [-0.15, -0.1) is 0 Å². The van der Waals surface area contributed by atoms with Gasteiger partial charge in [-0.05, 0) is 48.6 Å². The lowest BCUT2D eigenvalue weighted by molar-refractivity contribution is -0.122. The third kappa shape index (κ3) is 3.07. The van der Waals surface area contributed by atoms with E-state index in [0.29, 0.717) is 17.0 Å². The molecule has 2 aliphatic rings. The molecule has 3 aromatic carbocycles. The fourth-order valence-electron chi connectivity index (χ4n) is 4.61. The highest BCUT2D eigenvalue weighted by molar-refractivity contribution is 6.22. The molecule has 1 saturated carbocycles. The standard InChI is InChI=1S/C25H21NO4/c27-23-20-9-3-4-10-21(20)24(28)26(23)18-14-12-17(13-15-18)25(29)30-22-11-5-7-16-6-1-2-8-19(16)22/h1-2,5-8,11-15,20-21H,3-4,9-10H2/t20-,21-/m1/s1. The van der Waals surface area contributed by atoms with Crippen LogP contribution in [0.5, 0.6) is 5.75 Å². The smallest absolute Gasteiger partial charge is 0.343 e. The summed E-state index contributed by atoms with van der Waals surface area (Å²) in [6.45, 7) is 0. The number of anilines is 1. The summed E-state index contributed by atoms with van der Waals surface area (Å²) in [6.07, 6.45) is 3.54. The Bertz CT molecular complexity index is 1120. The van der Waals surface area contributed by atoms with E-state index < -0.39 is 5.97 Å². The van der Waals surface area contributed by atoms with Gasteiger partial charge in [0.25, 0.3) is 0 Å². The Morgan fingerprint density at radius 3 is 2.13 bits per heavy atom. The lowest BCUT2D eigenvalue weighted by Crippen LogP contribution is -2.30. The van der Waals surface area contributed by atoms with Crippen molar-refractivity contribution in [3.63, 3.8) is 0 Å². The highest BCUT2D eigenvalue weighted by Crippen LogP contribution is 2.40. The molecule has 1 saturated heterocycles.